The lowest BCUT2D eigenvalue weighted by molar-refractivity contribution is -0.176. The zero-order valence-corrected chi connectivity index (χ0v) is 23.8. The van der Waals surface area contributed by atoms with Crippen LogP contribution in [-0.2, 0) is 0 Å². The highest BCUT2D eigenvalue weighted by Gasteiger charge is 2.64. The first kappa shape index (κ1) is 25.0. The van der Waals surface area contributed by atoms with Crippen molar-refractivity contribution in [1.29, 1.82) is 0 Å². The monoisotopic (exact) mass is 508 g/mol. The van der Waals surface area contributed by atoms with Crippen LogP contribution in [0.2, 0.25) is 5.02 Å². The lowest BCUT2D eigenvalue weighted by Gasteiger charge is -2.68. The van der Waals surface area contributed by atoms with Gasteiger partial charge in [0, 0.05) is 0 Å². The van der Waals surface area contributed by atoms with E-state index in [1.807, 2.05) is 12.1 Å². The number of benzene rings is 1. The number of rotatable bonds is 2. The Kier molecular flexibility index (Phi) is 5.64. The fraction of sp³-hybridized carbons (Fsp3) is 0.727. The standard InChI is InChI=1S/C33H45ClO2/c1-30(2)23(20-8-9-22(29(35)36)26(34)19-20)13-17-33(5)27(30)14-18-32(4)25-12-16-31(3)15-6-7-24(31)21(25)10-11-28(32)33/h8-9,13,19,21,24-25,27-28H,6-7,10-12,14-18H2,1-5H3,(H,35,36)/t21-,24?,25?,27?,28?,31-,32+,33+/m1/s1. The van der Waals surface area contributed by atoms with Gasteiger partial charge in [-0.1, -0.05) is 64.8 Å². The SMILES string of the molecule is CC1(C)C(c2ccc(C(=O)O)c(Cl)c2)=CC[C@@]2(C)C1CC[C@@]1(C)C3CC[C@@]4(C)CCCC4[C@H]3CCC12. The summed E-state index contributed by atoms with van der Waals surface area (Å²) < 4.78 is 0. The number of hydrogen-bond acceptors (Lipinski definition) is 1. The van der Waals surface area contributed by atoms with Crippen LogP contribution in [0.3, 0.4) is 0 Å². The molecule has 5 aliphatic carbocycles. The normalized spacial score (nSPS) is 45.1. The number of hydrogen-bond donors (Lipinski definition) is 1. The van der Waals surface area contributed by atoms with E-state index in [1.54, 1.807) is 6.07 Å². The van der Waals surface area contributed by atoms with Gasteiger partial charge >= 0.3 is 5.97 Å². The zero-order valence-electron chi connectivity index (χ0n) is 23.0. The molecular formula is C33H45ClO2. The van der Waals surface area contributed by atoms with E-state index in [0.717, 1.165) is 35.7 Å². The molecular weight excluding hydrogens is 464 g/mol. The zero-order chi connectivity index (χ0) is 25.7. The molecule has 0 radical (unpaired) electrons. The molecule has 5 aliphatic rings. The molecule has 4 fully saturated rings. The molecule has 1 aromatic carbocycles. The van der Waals surface area contributed by atoms with Crippen LogP contribution in [0.25, 0.3) is 5.57 Å². The fourth-order valence-corrected chi connectivity index (χ4v) is 11.8. The summed E-state index contributed by atoms with van der Waals surface area (Å²) in [5.74, 6) is 3.33. The van der Waals surface area contributed by atoms with Gasteiger partial charge in [-0.3, -0.25) is 0 Å². The third-order valence-electron chi connectivity index (χ3n) is 13.0. The highest BCUT2D eigenvalue weighted by molar-refractivity contribution is 6.33. The largest absolute Gasteiger partial charge is 0.478 e. The summed E-state index contributed by atoms with van der Waals surface area (Å²) in [6.45, 7) is 12.9. The maximum absolute atomic E-state index is 11.5. The van der Waals surface area contributed by atoms with E-state index >= 15 is 0 Å². The second-order valence-corrected chi connectivity index (χ2v) is 15.1. The molecule has 0 amide bonds. The molecule has 8 atom stereocenters. The van der Waals surface area contributed by atoms with Crippen molar-refractivity contribution in [2.45, 2.75) is 98.8 Å². The topological polar surface area (TPSA) is 37.3 Å². The van der Waals surface area contributed by atoms with Gasteiger partial charge in [-0.05, 0) is 132 Å². The summed E-state index contributed by atoms with van der Waals surface area (Å²) in [6, 6.07) is 5.55. The van der Waals surface area contributed by atoms with Crippen LogP contribution in [0.1, 0.15) is 115 Å². The van der Waals surface area contributed by atoms with E-state index in [-0.39, 0.29) is 11.0 Å². The lowest BCUT2D eigenvalue weighted by Crippen LogP contribution is -2.60. The molecule has 0 heterocycles. The third-order valence-corrected chi connectivity index (χ3v) is 13.3. The Hall–Kier alpha value is -1.28. The van der Waals surface area contributed by atoms with Gasteiger partial charge in [-0.25, -0.2) is 4.79 Å². The highest BCUT2D eigenvalue weighted by atomic mass is 35.5. The average molecular weight is 509 g/mol. The molecule has 4 saturated carbocycles. The van der Waals surface area contributed by atoms with Crippen molar-refractivity contribution in [3.63, 3.8) is 0 Å². The number of allylic oxidation sites excluding steroid dienone is 2. The smallest absolute Gasteiger partial charge is 0.337 e. The lowest BCUT2D eigenvalue weighted by atomic mass is 9.36. The van der Waals surface area contributed by atoms with Gasteiger partial charge in [0.05, 0.1) is 10.6 Å². The van der Waals surface area contributed by atoms with Gasteiger partial charge in [0.2, 0.25) is 0 Å². The molecule has 0 saturated heterocycles. The van der Waals surface area contributed by atoms with Crippen molar-refractivity contribution < 1.29 is 9.90 Å². The van der Waals surface area contributed by atoms with Gasteiger partial charge < -0.3 is 5.11 Å². The summed E-state index contributed by atoms with van der Waals surface area (Å²) in [4.78, 5) is 11.5. The van der Waals surface area contributed by atoms with Crippen LogP contribution in [0.5, 0.6) is 0 Å². The summed E-state index contributed by atoms with van der Waals surface area (Å²) in [6.07, 6.45) is 16.5. The van der Waals surface area contributed by atoms with Crippen LogP contribution in [0.4, 0.5) is 0 Å². The number of carbonyl (C=O) groups is 1. The maximum Gasteiger partial charge on any atom is 0.337 e. The number of carboxylic acids is 1. The Morgan fingerprint density at radius 2 is 1.67 bits per heavy atom. The van der Waals surface area contributed by atoms with E-state index in [0.29, 0.717) is 27.2 Å². The molecule has 3 heteroatoms. The quantitative estimate of drug-likeness (QED) is 0.431. The van der Waals surface area contributed by atoms with Crippen LogP contribution >= 0.6 is 11.6 Å². The van der Waals surface area contributed by atoms with Crippen LogP contribution in [0, 0.1) is 51.2 Å². The molecule has 1 aromatic rings. The summed E-state index contributed by atoms with van der Waals surface area (Å²) in [7, 11) is 0. The van der Waals surface area contributed by atoms with Crippen LogP contribution < -0.4 is 0 Å². The molecule has 36 heavy (non-hydrogen) atoms. The number of fused-ring (bicyclic) bond motifs is 7. The molecule has 0 aromatic heterocycles. The van der Waals surface area contributed by atoms with E-state index in [1.165, 1.54) is 63.4 Å². The number of carboxylic acid groups (broad SMARTS) is 1. The van der Waals surface area contributed by atoms with Crippen molar-refractivity contribution in [3.05, 3.63) is 40.4 Å². The molecule has 2 nitrogen and oxygen atoms in total. The Balaban J connectivity index is 1.34. The first-order valence-electron chi connectivity index (χ1n) is 14.7. The average Bonchev–Trinajstić information content (AvgIpc) is 3.20. The molecule has 6 rings (SSSR count). The summed E-state index contributed by atoms with van der Waals surface area (Å²) in [5.41, 5.74) is 4.12. The van der Waals surface area contributed by atoms with Gasteiger partial charge in [-0.15, -0.1) is 0 Å². The van der Waals surface area contributed by atoms with Gasteiger partial charge in [0.15, 0.2) is 0 Å². The third kappa shape index (κ3) is 3.31. The Morgan fingerprint density at radius 3 is 2.39 bits per heavy atom. The van der Waals surface area contributed by atoms with Crippen LogP contribution in [0.15, 0.2) is 24.3 Å². The summed E-state index contributed by atoms with van der Waals surface area (Å²) >= 11 is 6.42. The maximum atomic E-state index is 11.5. The first-order chi connectivity index (χ1) is 16.9. The molecule has 196 valence electrons. The van der Waals surface area contributed by atoms with Gasteiger partial charge in [0.25, 0.3) is 0 Å². The molecule has 0 spiro atoms. The highest BCUT2D eigenvalue weighted by Crippen LogP contribution is 2.73. The number of aromatic carboxylic acids is 1. The Bertz CT molecular complexity index is 1120. The van der Waals surface area contributed by atoms with Crippen molar-refractivity contribution in [2.24, 2.45) is 51.2 Å². The molecule has 4 unspecified atom stereocenters. The van der Waals surface area contributed by atoms with Gasteiger partial charge in [-0.2, -0.15) is 0 Å². The van der Waals surface area contributed by atoms with Crippen molar-refractivity contribution >= 4 is 23.1 Å². The van der Waals surface area contributed by atoms with Crippen molar-refractivity contribution in [2.75, 3.05) is 0 Å². The Morgan fingerprint density at radius 1 is 0.889 bits per heavy atom. The minimum atomic E-state index is -0.959. The van der Waals surface area contributed by atoms with E-state index in [9.17, 15) is 9.90 Å². The van der Waals surface area contributed by atoms with Crippen molar-refractivity contribution in [1.82, 2.24) is 0 Å². The minimum absolute atomic E-state index is 0.0375. The minimum Gasteiger partial charge on any atom is -0.478 e. The van der Waals surface area contributed by atoms with E-state index in [2.05, 4.69) is 40.7 Å². The van der Waals surface area contributed by atoms with E-state index < -0.39 is 5.97 Å². The van der Waals surface area contributed by atoms with E-state index in [4.69, 9.17) is 11.6 Å². The summed E-state index contributed by atoms with van der Waals surface area (Å²) in [5, 5.41) is 9.78. The fourth-order valence-electron chi connectivity index (χ4n) is 11.5. The number of halogens is 1. The predicted molar refractivity (Wildman–Crippen MR) is 148 cm³/mol. The first-order valence-corrected chi connectivity index (χ1v) is 15.0. The predicted octanol–water partition coefficient (Wildman–Crippen LogP) is 9.52. The molecule has 0 aliphatic heterocycles. The molecule has 1 N–H and O–H groups in total. The van der Waals surface area contributed by atoms with Gasteiger partial charge in [0.1, 0.15) is 0 Å². The Labute approximate surface area is 223 Å². The van der Waals surface area contributed by atoms with Crippen molar-refractivity contribution in [3.8, 4) is 0 Å². The molecule has 0 bridgehead atoms. The second-order valence-electron chi connectivity index (χ2n) is 14.7. The second kappa shape index (κ2) is 8.11. The van der Waals surface area contributed by atoms with Crippen LogP contribution in [-0.4, -0.2) is 11.1 Å².